The van der Waals surface area contributed by atoms with Crippen molar-refractivity contribution in [3.8, 4) is 0 Å². The van der Waals surface area contributed by atoms with E-state index in [1.807, 2.05) is 58.9 Å². The van der Waals surface area contributed by atoms with Gasteiger partial charge in [0.1, 0.15) is 0 Å². The minimum absolute atomic E-state index is 0.0156. The Morgan fingerprint density at radius 2 is 1.91 bits per heavy atom. The lowest BCUT2D eigenvalue weighted by atomic mass is 10.1. The van der Waals surface area contributed by atoms with Crippen molar-refractivity contribution in [1.82, 2.24) is 19.8 Å². The number of amides is 2. The molecule has 9 heteroatoms. The fourth-order valence-corrected chi connectivity index (χ4v) is 4.96. The number of carbonyl (C=O) groups is 1. The number of rotatable bonds is 11. The van der Waals surface area contributed by atoms with Crippen LogP contribution in [0.15, 0.2) is 35.6 Å². The van der Waals surface area contributed by atoms with Crippen molar-refractivity contribution < 1.29 is 17.9 Å². The molecule has 0 aliphatic heterocycles. The number of nitrogens with zero attached hydrogens (tertiary/aromatic N) is 3. The fraction of sp³-hybridized carbons (Fsp3) is 0.565. The van der Waals surface area contributed by atoms with Crippen LogP contribution < -0.4 is 5.32 Å². The molecule has 1 heterocycles. The van der Waals surface area contributed by atoms with Crippen LogP contribution in [-0.2, 0) is 33.4 Å². The molecule has 1 aromatic heterocycles. The zero-order valence-corrected chi connectivity index (χ0v) is 20.8. The van der Waals surface area contributed by atoms with Gasteiger partial charge in [0.25, 0.3) is 0 Å². The largest absolute Gasteiger partial charge is 0.383 e. The van der Waals surface area contributed by atoms with Crippen LogP contribution >= 0.6 is 0 Å². The van der Waals surface area contributed by atoms with Crippen LogP contribution in [0.5, 0.6) is 0 Å². The van der Waals surface area contributed by atoms with E-state index in [-0.39, 0.29) is 35.4 Å². The van der Waals surface area contributed by atoms with E-state index in [0.29, 0.717) is 25.4 Å². The first-order valence-corrected chi connectivity index (χ1v) is 12.6. The van der Waals surface area contributed by atoms with Crippen LogP contribution in [0.4, 0.5) is 4.79 Å². The monoisotopic (exact) mass is 464 g/mol. The Kier molecular flexibility index (Phi) is 9.27. The van der Waals surface area contributed by atoms with Crippen molar-refractivity contribution >= 4 is 15.9 Å². The quantitative estimate of drug-likeness (QED) is 0.550. The third kappa shape index (κ3) is 7.06. The number of methoxy groups -OCH3 is 1. The number of aryl methyl sites for hydroxylation is 1. The van der Waals surface area contributed by atoms with Crippen LogP contribution in [-0.4, -0.2) is 55.2 Å². The maximum atomic E-state index is 13.3. The third-order valence-electron chi connectivity index (χ3n) is 4.95. The summed E-state index contributed by atoms with van der Waals surface area (Å²) in [6.07, 6.45) is 1.57. The second-order valence-corrected chi connectivity index (χ2v) is 10.6. The average molecular weight is 465 g/mol. The molecule has 8 nitrogen and oxygen atoms in total. The van der Waals surface area contributed by atoms with Gasteiger partial charge >= 0.3 is 6.03 Å². The van der Waals surface area contributed by atoms with Gasteiger partial charge in [0.05, 0.1) is 30.8 Å². The molecule has 32 heavy (non-hydrogen) atoms. The summed E-state index contributed by atoms with van der Waals surface area (Å²) in [5, 5.41) is 2.93. The van der Waals surface area contributed by atoms with Crippen molar-refractivity contribution in [3.05, 3.63) is 47.3 Å². The summed E-state index contributed by atoms with van der Waals surface area (Å²) in [7, 11) is -2.09. The van der Waals surface area contributed by atoms with Gasteiger partial charge in [-0.25, -0.2) is 18.2 Å². The van der Waals surface area contributed by atoms with Crippen LogP contribution in [0.3, 0.4) is 0 Å². The summed E-state index contributed by atoms with van der Waals surface area (Å²) < 4.78 is 33.5. The summed E-state index contributed by atoms with van der Waals surface area (Å²) in [5.41, 5.74) is 2.36. The number of urea groups is 1. The smallest absolute Gasteiger partial charge is 0.318 e. The van der Waals surface area contributed by atoms with E-state index in [2.05, 4.69) is 10.3 Å². The molecule has 0 spiro atoms. The standard InChI is InChI=1S/C23H36N4O4S/c1-17(2)14-27-21(15-26(11-12-31-6)22(28)25-18(3)4)13-24-23(27)32(29,30)16-20-10-8-7-9-19(20)5/h7-10,13,17-18H,11-12,14-16H2,1-6H3,(H,25,28). The Balaban J connectivity index is 2.39. The van der Waals surface area contributed by atoms with Crippen LogP contribution in [0, 0.1) is 12.8 Å². The van der Waals surface area contributed by atoms with E-state index in [4.69, 9.17) is 4.74 Å². The third-order valence-corrected chi connectivity index (χ3v) is 6.53. The molecule has 0 saturated carbocycles. The SMILES string of the molecule is COCCN(Cc1cnc(S(=O)(=O)Cc2ccccc2C)n1CC(C)C)C(=O)NC(C)C. The molecule has 0 aliphatic carbocycles. The molecule has 1 aromatic carbocycles. The highest BCUT2D eigenvalue weighted by Crippen LogP contribution is 2.21. The van der Waals surface area contributed by atoms with Gasteiger partial charge in [-0.1, -0.05) is 38.1 Å². The lowest BCUT2D eigenvalue weighted by Gasteiger charge is -2.25. The van der Waals surface area contributed by atoms with Crippen LogP contribution in [0.1, 0.15) is 44.5 Å². The zero-order valence-electron chi connectivity index (χ0n) is 20.0. The fourth-order valence-electron chi connectivity index (χ4n) is 3.36. The zero-order chi connectivity index (χ0) is 23.9. The number of imidazole rings is 1. The second kappa shape index (κ2) is 11.5. The van der Waals surface area contributed by atoms with Gasteiger partial charge in [-0.05, 0) is 37.8 Å². The average Bonchev–Trinajstić information content (AvgIpc) is 3.08. The van der Waals surface area contributed by atoms with Crippen LogP contribution in [0.2, 0.25) is 0 Å². The van der Waals surface area contributed by atoms with E-state index in [1.54, 1.807) is 22.8 Å². The van der Waals surface area contributed by atoms with Gasteiger partial charge in [-0.3, -0.25) is 0 Å². The van der Waals surface area contributed by atoms with Crippen molar-refractivity contribution in [2.24, 2.45) is 5.92 Å². The Bertz CT molecular complexity index is 999. The molecule has 1 N–H and O–H groups in total. The summed E-state index contributed by atoms with van der Waals surface area (Å²) >= 11 is 0. The maximum Gasteiger partial charge on any atom is 0.318 e. The minimum atomic E-state index is -3.68. The Morgan fingerprint density at radius 1 is 1.22 bits per heavy atom. The minimum Gasteiger partial charge on any atom is -0.383 e. The molecule has 0 saturated heterocycles. The van der Waals surface area contributed by atoms with Crippen molar-refractivity contribution in [2.45, 2.75) is 64.7 Å². The second-order valence-electron chi connectivity index (χ2n) is 8.74. The van der Waals surface area contributed by atoms with E-state index in [1.165, 1.54) is 0 Å². The molecule has 0 bridgehead atoms. The number of carbonyl (C=O) groups excluding carboxylic acids is 1. The number of sulfone groups is 1. The lowest BCUT2D eigenvalue weighted by Crippen LogP contribution is -2.44. The normalized spacial score (nSPS) is 11.9. The van der Waals surface area contributed by atoms with E-state index in [0.717, 1.165) is 11.1 Å². The molecule has 178 valence electrons. The lowest BCUT2D eigenvalue weighted by molar-refractivity contribution is 0.144. The summed E-state index contributed by atoms with van der Waals surface area (Å²) in [6.45, 7) is 11.2. The summed E-state index contributed by atoms with van der Waals surface area (Å²) in [4.78, 5) is 18.6. The number of ether oxygens (including phenoxy) is 1. The molecular formula is C23H36N4O4S. The van der Waals surface area contributed by atoms with Gasteiger partial charge in [-0.2, -0.15) is 0 Å². The van der Waals surface area contributed by atoms with Crippen molar-refractivity contribution in [3.63, 3.8) is 0 Å². The topological polar surface area (TPSA) is 93.5 Å². The van der Waals surface area contributed by atoms with Gasteiger partial charge in [-0.15, -0.1) is 0 Å². The number of hydrogen-bond acceptors (Lipinski definition) is 5. The molecule has 2 aromatic rings. The highest BCUT2D eigenvalue weighted by molar-refractivity contribution is 7.90. The van der Waals surface area contributed by atoms with Gasteiger partial charge in [0, 0.05) is 26.2 Å². The predicted octanol–water partition coefficient (Wildman–Crippen LogP) is 3.39. The first-order chi connectivity index (χ1) is 15.0. The van der Waals surface area contributed by atoms with E-state index < -0.39 is 9.84 Å². The number of hydrogen-bond donors (Lipinski definition) is 1. The molecule has 0 radical (unpaired) electrons. The Labute approximate surface area is 191 Å². The van der Waals surface area contributed by atoms with Crippen LogP contribution in [0.25, 0.3) is 0 Å². The Hall–Kier alpha value is -2.39. The van der Waals surface area contributed by atoms with Crippen molar-refractivity contribution in [2.75, 3.05) is 20.3 Å². The summed E-state index contributed by atoms with van der Waals surface area (Å²) in [6, 6.07) is 7.21. The van der Waals surface area contributed by atoms with Crippen molar-refractivity contribution in [1.29, 1.82) is 0 Å². The number of benzene rings is 1. The first kappa shape index (κ1) is 25.9. The molecule has 0 fully saturated rings. The van der Waals surface area contributed by atoms with Gasteiger partial charge < -0.3 is 19.5 Å². The number of nitrogens with one attached hydrogen (secondary N) is 1. The maximum absolute atomic E-state index is 13.3. The van der Waals surface area contributed by atoms with E-state index >= 15 is 0 Å². The summed E-state index contributed by atoms with van der Waals surface area (Å²) in [5.74, 6) is 0.0856. The number of aromatic nitrogens is 2. The van der Waals surface area contributed by atoms with Gasteiger partial charge in [0.2, 0.25) is 15.0 Å². The molecule has 2 amide bonds. The first-order valence-electron chi connectivity index (χ1n) is 10.9. The molecular weight excluding hydrogens is 428 g/mol. The highest BCUT2D eigenvalue weighted by atomic mass is 32.2. The molecule has 0 unspecified atom stereocenters. The molecule has 2 rings (SSSR count). The predicted molar refractivity (Wildman–Crippen MR) is 125 cm³/mol. The van der Waals surface area contributed by atoms with E-state index in [9.17, 15) is 13.2 Å². The highest BCUT2D eigenvalue weighted by Gasteiger charge is 2.26. The molecule has 0 aliphatic rings. The Morgan fingerprint density at radius 3 is 2.50 bits per heavy atom. The molecule has 0 atom stereocenters. The van der Waals surface area contributed by atoms with Gasteiger partial charge in [0.15, 0.2) is 0 Å².